The fraction of sp³-hybridized carbons (Fsp3) is 0.500. The molecule has 2 heterocycles. The number of likely N-dealkylation sites (tertiary alicyclic amines) is 1. The Morgan fingerprint density at radius 2 is 2.09 bits per heavy atom. The molecular formula is C16H20N2O4. The van der Waals surface area contributed by atoms with E-state index in [1.807, 2.05) is 18.2 Å². The van der Waals surface area contributed by atoms with Crippen LogP contribution in [0, 0.1) is 5.41 Å². The van der Waals surface area contributed by atoms with Gasteiger partial charge in [-0.3, -0.25) is 9.59 Å². The van der Waals surface area contributed by atoms with Crippen molar-refractivity contribution in [3.05, 3.63) is 23.8 Å². The summed E-state index contributed by atoms with van der Waals surface area (Å²) in [7, 11) is 3.20. The number of ether oxygens (including phenoxy) is 2. The molecule has 2 fully saturated rings. The fourth-order valence-electron chi connectivity index (χ4n) is 3.28. The minimum atomic E-state index is -0.470. The molecule has 118 valence electrons. The normalized spacial score (nSPS) is 24.0. The van der Waals surface area contributed by atoms with E-state index in [0.29, 0.717) is 31.8 Å². The van der Waals surface area contributed by atoms with Crippen molar-refractivity contribution in [2.75, 3.05) is 27.3 Å². The second kappa shape index (κ2) is 5.51. The maximum absolute atomic E-state index is 12.5. The van der Waals surface area contributed by atoms with Crippen LogP contribution in [-0.4, -0.2) is 44.0 Å². The summed E-state index contributed by atoms with van der Waals surface area (Å²) >= 11 is 0. The number of hydrogen-bond acceptors (Lipinski definition) is 4. The Bertz CT molecular complexity index is 616. The van der Waals surface area contributed by atoms with Gasteiger partial charge in [-0.2, -0.15) is 0 Å². The molecule has 1 aromatic rings. The zero-order valence-electron chi connectivity index (χ0n) is 12.8. The third-order valence-corrected chi connectivity index (χ3v) is 4.51. The molecule has 6 heteroatoms. The Morgan fingerprint density at radius 3 is 2.73 bits per heavy atom. The van der Waals surface area contributed by atoms with Gasteiger partial charge >= 0.3 is 0 Å². The Labute approximate surface area is 129 Å². The highest BCUT2D eigenvalue weighted by Crippen LogP contribution is 2.41. The molecule has 0 bridgehead atoms. The number of methoxy groups -OCH3 is 2. The molecule has 2 aliphatic rings. The molecule has 1 atom stereocenters. The summed E-state index contributed by atoms with van der Waals surface area (Å²) < 4.78 is 10.5. The summed E-state index contributed by atoms with van der Waals surface area (Å²) in [4.78, 5) is 25.8. The van der Waals surface area contributed by atoms with E-state index in [1.165, 1.54) is 0 Å². The van der Waals surface area contributed by atoms with E-state index in [1.54, 1.807) is 19.1 Å². The molecule has 0 radical (unpaired) electrons. The van der Waals surface area contributed by atoms with Crippen LogP contribution >= 0.6 is 0 Å². The molecule has 1 aromatic carbocycles. The van der Waals surface area contributed by atoms with E-state index in [0.717, 1.165) is 17.7 Å². The van der Waals surface area contributed by atoms with Crippen molar-refractivity contribution in [2.24, 2.45) is 5.41 Å². The number of carbonyl (C=O) groups is 2. The Kier molecular flexibility index (Phi) is 3.68. The van der Waals surface area contributed by atoms with Crippen LogP contribution in [0.25, 0.3) is 0 Å². The maximum atomic E-state index is 12.5. The number of nitrogens with zero attached hydrogens (tertiary/aromatic N) is 1. The van der Waals surface area contributed by atoms with Crippen LogP contribution < -0.4 is 14.8 Å². The molecule has 1 unspecified atom stereocenters. The average Bonchev–Trinajstić information content (AvgIpc) is 2.54. The molecule has 22 heavy (non-hydrogen) atoms. The molecule has 2 aliphatic heterocycles. The van der Waals surface area contributed by atoms with E-state index < -0.39 is 5.41 Å². The van der Waals surface area contributed by atoms with Gasteiger partial charge in [0.15, 0.2) is 0 Å². The second-order valence-corrected chi connectivity index (χ2v) is 5.90. The Morgan fingerprint density at radius 1 is 1.27 bits per heavy atom. The first kappa shape index (κ1) is 14.7. The van der Waals surface area contributed by atoms with Gasteiger partial charge in [0.25, 0.3) is 0 Å². The molecule has 2 saturated heterocycles. The van der Waals surface area contributed by atoms with E-state index in [4.69, 9.17) is 9.47 Å². The first-order chi connectivity index (χ1) is 10.6. The van der Waals surface area contributed by atoms with Crippen LogP contribution in [0.15, 0.2) is 18.2 Å². The summed E-state index contributed by atoms with van der Waals surface area (Å²) in [5, 5.41) is 2.78. The van der Waals surface area contributed by atoms with E-state index in [9.17, 15) is 9.59 Å². The van der Waals surface area contributed by atoms with Crippen molar-refractivity contribution in [3.63, 3.8) is 0 Å². The molecule has 0 aliphatic carbocycles. The third-order valence-electron chi connectivity index (χ3n) is 4.51. The van der Waals surface area contributed by atoms with E-state index >= 15 is 0 Å². The Balaban J connectivity index is 1.71. The van der Waals surface area contributed by atoms with Crippen LogP contribution in [0.4, 0.5) is 0 Å². The third kappa shape index (κ3) is 2.38. The smallest absolute Gasteiger partial charge is 0.231 e. The van der Waals surface area contributed by atoms with Crippen molar-refractivity contribution in [1.29, 1.82) is 0 Å². The molecular weight excluding hydrogens is 284 g/mol. The van der Waals surface area contributed by atoms with Crippen LogP contribution in [0.3, 0.4) is 0 Å². The number of piperidine rings is 1. The topological polar surface area (TPSA) is 67.9 Å². The number of rotatable bonds is 4. The lowest BCUT2D eigenvalue weighted by atomic mass is 9.71. The Hall–Kier alpha value is -2.24. The zero-order chi connectivity index (χ0) is 15.7. The lowest BCUT2D eigenvalue weighted by Crippen LogP contribution is -2.64. The van der Waals surface area contributed by atoms with Gasteiger partial charge in [0.1, 0.15) is 11.5 Å². The predicted octanol–water partition coefficient (Wildman–Crippen LogP) is 0.942. The van der Waals surface area contributed by atoms with Gasteiger partial charge in [-0.1, -0.05) is 0 Å². The highest BCUT2D eigenvalue weighted by atomic mass is 16.5. The molecule has 1 spiro atoms. The average molecular weight is 304 g/mol. The van der Waals surface area contributed by atoms with Gasteiger partial charge in [0.2, 0.25) is 11.8 Å². The summed E-state index contributed by atoms with van der Waals surface area (Å²) in [6.07, 6.45) is 1.04. The number of carbonyl (C=O) groups excluding carboxylic acids is 2. The minimum Gasteiger partial charge on any atom is -0.497 e. The predicted molar refractivity (Wildman–Crippen MR) is 79.6 cm³/mol. The lowest BCUT2D eigenvalue weighted by Gasteiger charge is -2.50. The van der Waals surface area contributed by atoms with Gasteiger partial charge in [-0.05, 0) is 18.6 Å². The number of β-lactam (4-membered cyclic amide) rings is 1. The fourth-order valence-corrected chi connectivity index (χ4v) is 3.28. The van der Waals surface area contributed by atoms with Gasteiger partial charge < -0.3 is 19.7 Å². The lowest BCUT2D eigenvalue weighted by molar-refractivity contribution is -0.167. The first-order valence-electron chi connectivity index (χ1n) is 7.35. The van der Waals surface area contributed by atoms with Gasteiger partial charge in [-0.15, -0.1) is 0 Å². The number of benzene rings is 1. The SMILES string of the molecule is COc1ccc(CN2CC3(CCNC(=O)C3)C2=O)c(OC)c1. The molecule has 3 rings (SSSR count). The largest absolute Gasteiger partial charge is 0.497 e. The number of hydrogen-bond donors (Lipinski definition) is 1. The molecule has 0 aromatic heterocycles. The quantitative estimate of drug-likeness (QED) is 0.841. The monoisotopic (exact) mass is 304 g/mol. The van der Waals surface area contributed by atoms with Crippen molar-refractivity contribution < 1.29 is 19.1 Å². The van der Waals surface area contributed by atoms with Crippen molar-refractivity contribution in [2.45, 2.75) is 19.4 Å². The van der Waals surface area contributed by atoms with Crippen molar-refractivity contribution in [3.8, 4) is 11.5 Å². The highest BCUT2D eigenvalue weighted by molar-refractivity contribution is 5.94. The van der Waals surface area contributed by atoms with Crippen LogP contribution in [-0.2, 0) is 16.1 Å². The summed E-state index contributed by atoms with van der Waals surface area (Å²) in [5.74, 6) is 1.46. The zero-order valence-corrected chi connectivity index (χ0v) is 12.8. The first-order valence-corrected chi connectivity index (χ1v) is 7.35. The number of nitrogens with one attached hydrogen (secondary N) is 1. The van der Waals surface area contributed by atoms with Gasteiger partial charge in [-0.25, -0.2) is 0 Å². The van der Waals surface area contributed by atoms with Crippen LogP contribution in [0.1, 0.15) is 18.4 Å². The second-order valence-electron chi connectivity index (χ2n) is 5.90. The number of amides is 2. The summed E-state index contributed by atoms with van der Waals surface area (Å²) in [6.45, 7) is 1.72. The van der Waals surface area contributed by atoms with Crippen molar-refractivity contribution in [1.82, 2.24) is 10.2 Å². The van der Waals surface area contributed by atoms with E-state index in [2.05, 4.69) is 5.32 Å². The van der Waals surface area contributed by atoms with E-state index in [-0.39, 0.29) is 11.8 Å². The molecule has 6 nitrogen and oxygen atoms in total. The van der Waals surface area contributed by atoms with Gasteiger partial charge in [0, 0.05) is 37.7 Å². The molecule has 0 saturated carbocycles. The maximum Gasteiger partial charge on any atom is 0.231 e. The van der Waals surface area contributed by atoms with Crippen molar-refractivity contribution >= 4 is 11.8 Å². The summed E-state index contributed by atoms with van der Waals surface area (Å²) in [6, 6.07) is 5.57. The van der Waals surface area contributed by atoms with Gasteiger partial charge in [0.05, 0.1) is 19.6 Å². The van der Waals surface area contributed by atoms with Crippen LogP contribution in [0.5, 0.6) is 11.5 Å². The highest BCUT2D eigenvalue weighted by Gasteiger charge is 2.53. The standard InChI is InChI=1S/C16H20N2O4/c1-21-12-4-3-11(13(7-12)22-2)9-18-10-16(15(18)20)5-6-17-14(19)8-16/h3-4,7H,5-6,8-10H2,1-2H3,(H,17,19). The minimum absolute atomic E-state index is 0.0266. The summed E-state index contributed by atoms with van der Waals surface area (Å²) in [5.41, 5.74) is 0.467. The molecule has 1 N–H and O–H groups in total. The molecule has 2 amide bonds. The van der Waals surface area contributed by atoms with Crippen LogP contribution in [0.2, 0.25) is 0 Å².